The first-order valence-corrected chi connectivity index (χ1v) is 19.2. The third-order valence-corrected chi connectivity index (χ3v) is 9.22. The van der Waals surface area contributed by atoms with Gasteiger partial charge in [-0.3, -0.25) is 43.7 Å². The lowest BCUT2D eigenvalue weighted by atomic mass is 9.93. The van der Waals surface area contributed by atoms with Crippen LogP contribution in [-0.4, -0.2) is 90.2 Å². The summed E-state index contributed by atoms with van der Waals surface area (Å²) >= 11 is 5.68. The molecule has 0 atom stereocenters. The van der Waals surface area contributed by atoms with E-state index in [1.54, 1.807) is 12.0 Å². The van der Waals surface area contributed by atoms with Crippen LogP contribution in [0.3, 0.4) is 0 Å². The van der Waals surface area contributed by atoms with Crippen LogP contribution in [0.4, 0.5) is 21.5 Å². The molecular formula is C36H43ClFN4O11P. The van der Waals surface area contributed by atoms with Gasteiger partial charge in [0.25, 0.3) is 17.7 Å². The molecule has 2 heterocycles. The number of carboxylic acids is 1. The van der Waals surface area contributed by atoms with Crippen molar-refractivity contribution in [3.05, 3.63) is 58.4 Å². The van der Waals surface area contributed by atoms with E-state index in [1.165, 1.54) is 11.0 Å². The molecule has 0 saturated heterocycles. The fourth-order valence-electron chi connectivity index (χ4n) is 5.94. The average molecular weight is 793 g/mol. The molecule has 0 aromatic heterocycles. The van der Waals surface area contributed by atoms with E-state index in [4.69, 9.17) is 42.4 Å². The number of alkyl halides is 1. The molecule has 1 aliphatic carbocycles. The number of para-hydroxylation sites is 1. The van der Waals surface area contributed by atoms with Crippen molar-refractivity contribution in [1.82, 2.24) is 5.32 Å². The first kappa shape index (κ1) is 43.8. The monoisotopic (exact) mass is 792 g/mol. The van der Waals surface area contributed by atoms with E-state index in [9.17, 15) is 32.9 Å². The summed E-state index contributed by atoms with van der Waals surface area (Å²) in [4.78, 5) is 79.3. The summed E-state index contributed by atoms with van der Waals surface area (Å²) in [6.45, 7) is 3.69. The molecule has 2 aliphatic heterocycles. The van der Waals surface area contributed by atoms with Gasteiger partial charge in [-0.25, -0.2) is 9.29 Å². The number of carbonyl (C=O) groups excluding carboxylic acids is 4. The highest BCUT2D eigenvalue weighted by molar-refractivity contribution is 7.51. The van der Waals surface area contributed by atoms with Gasteiger partial charge in [0.05, 0.1) is 36.4 Å². The van der Waals surface area contributed by atoms with Crippen molar-refractivity contribution in [3.8, 4) is 18.1 Å². The smallest absolute Gasteiger partial charge is 0.339 e. The van der Waals surface area contributed by atoms with Gasteiger partial charge in [-0.1, -0.05) is 38.0 Å². The maximum atomic E-state index is 14.7. The molecule has 4 amide bonds. The van der Waals surface area contributed by atoms with E-state index >= 15 is 0 Å². The maximum absolute atomic E-state index is 14.7. The van der Waals surface area contributed by atoms with Crippen LogP contribution in [0.25, 0.3) is 0 Å². The van der Waals surface area contributed by atoms with Gasteiger partial charge >= 0.3 is 13.6 Å². The van der Waals surface area contributed by atoms with Crippen molar-refractivity contribution in [2.45, 2.75) is 52.4 Å². The Morgan fingerprint density at radius 3 is 2.15 bits per heavy atom. The van der Waals surface area contributed by atoms with Gasteiger partial charge in [0.1, 0.15) is 18.4 Å². The quantitative estimate of drug-likeness (QED) is 0.0799. The Kier molecular flexibility index (Phi) is 16.4. The number of imide groups is 1. The molecule has 18 heteroatoms. The Morgan fingerprint density at radius 2 is 1.67 bits per heavy atom. The summed E-state index contributed by atoms with van der Waals surface area (Å²) in [6, 6.07) is 8.47. The second-order valence-electron chi connectivity index (χ2n) is 12.0. The van der Waals surface area contributed by atoms with Gasteiger partial charge in [-0.15, -0.1) is 18.0 Å². The number of halogens is 2. The van der Waals surface area contributed by atoms with Gasteiger partial charge in [0, 0.05) is 24.3 Å². The number of hydrogen-bond acceptors (Lipinski definition) is 9. The lowest BCUT2D eigenvalue weighted by molar-refractivity contribution is -0.136. The molecule has 0 fully saturated rings. The second kappa shape index (κ2) is 20.2. The number of methoxy groups -OCH3 is 1. The summed E-state index contributed by atoms with van der Waals surface area (Å²) in [5, 5.41) is 10.1. The minimum absolute atomic E-state index is 0.0170. The molecule has 0 spiro atoms. The molecular weight excluding hydrogens is 750 g/mol. The number of anilines is 3. The van der Waals surface area contributed by atoms with Crippen LogP contribution in [0.2, 0.25) is 0 Å². The standard InChI is InChI=1S/C19H15FN2O4.C14H20ClNO2.C3H8NO5P/c1-2-7-21-15-9-14(13(20)8-16(15)26-10-17(21)23)22-18(24)11-5-3-4-6-12(11)19(22)25;1-4-11-7-6-8-12(5-2)14(11)16(10-18-3)13(17)9-15;5-3(6)1-4-2-10(7,8)9/h1,8-9H,3-7,10H2;6-8H,4-5,9-10H2,1-3H3;4H,1-2H2,(H,5,6)(H2,7,8,9). The summed E-state index contributed by atoms with van der Waals surface area (Å²) in [7, 11) is -2.52. The van der Waals surface area contributed by atoms with Gasteiger partial charge < -0.3 is 24.4 Å². The first-order chi connectivity index (χ1) is 25.6. The lowest BCUT2D eigenvalue weighted by Gasteiger charge is -2.29. The number of fused-ring (bicyclic) bond motifs is 1. The minimum atomic E-state index is -4.10. The number of ether oxygens (including phenoxy) is 2. The van der Waals surface area contributed by atoms with Crippen molar-refractivity contribution in [2.24, 2.45) is 0 Å². The van der Waals surface area contributed by atoms with Crippen molar-refractivity contribution >= 4 is 65.9 Å². The molecule has 0 unspecified atom stereocenters. The van der Waals surface area contributed by atoms with E-state index < -0.39 is 44.0 Å². The molecule has 0 bridgehead atoms. The van der Waals surface area contributed by atoms with Gasteiger partial charge in [-0.05, 0) is 55.7 Å². The number of terminal acetylenes is 1. The number of rotatable bonds is 12. The highest BCUT2D eigenvalue weighted by atomic mass is 35.5. The van der Waals surface area contributed by atoms with E-state index in [2.05, 4.69) is 25.1 Å². The fraction of sp³-hybridized carbons (Fsp3) is 0.417. The average Bonchev–Trinajstić information content (AvgIpc) is 3.39. The number of nitrogens with zero attached hydrogens (tertiary/aromatic N) is 3. The summed E-state index contributed by atoms with van der Waals surface area (Å²) < 4.78 is 35.1. The molecule has 292 valence electrons. The first-order valence-electron chi connectivity index (χ1n) is 16.9. The largest absolute Gasteiger partial charge is 0.481 e. The zero-order valence-corrected chi connectivity index (χ0v) is 31.8. The zero-order valence-electron chi connectivity index (χ0n) is 30.1. The Morgan fingerprint density at radius 1 is 1.07 bits per heavy atom. The van der Waals surface area contributed by atoms with Gasteiger partial charge in [0.15, 0.2) is 12.4 Å². The Labute approximate surface area is 317 Å². The number of aliphatic carboxylic acids is 1. The van der Waals surface area contributed by atoms with E-state index in [0.29, 0.717) is 24.0 Å². The van der Waals surface area contributed by atoms with Crippen LogP contribution in [0, 0.1) is 18.2 Å². The Bertz CT molecular complexity index is 1830. The normalized spacial score (nSPS) is 14.9. The third-order valence-electron chi connectivity index (χ3n) is 8.35. The summed E-state index contributed by atoms with van der Waals surface area (Å²) in [5.74, 6) is -0.907. The predicted molar refractivity (Wildman–Crippen MR) is 199 cm³/mol. The van der Waals surface area contributed by atoms with Crippen molar-refractivity contribution in [2.75, 3.05) is 60.4 Å². The van der Waals surface area contributed by atoms with Crippen LogP contribution in [0.1, 0.15) is 50.7 Å². The van der Waals surface area contributed by atoms with Crippen molar-refractivity contribution in [1.29, 1.82) is 0 Å². The molecule has 4 N–H and O–H groups in total. The summed E-state index contributed by atoms with van der Waals surface area (Å²) in [6.07, 6.45) is 9.16. The highest BCUT2D eigenvalue weighted by Gasteiger charge is 2.41. The Hall–Kier alpha value is -4.62. The van der Waals surface area contributed by atoms with Crippen LogP contribution in [-0.2, 0) is 46.1 Å². The molecule has 0 radical (unpaired) electrons. The molecule has 2 aromatic carbocycles. The van der Waals surface area contributed by atoms with Gasteiger partial charge in [0.2, 0.25) is 5.91 Å². The van der Waals surface area contributed by atoms with E-state index in [0.717, 1.165) is 53.5 Å². The maximum Gasteiger partial charge on any atom is 0.339 e. The van der Waals surface area contributed by atoms with Crippen molar-refractivity contribution < 1.29 is 57.3 Å². The minimum Gasteiger partial charge on any atom is -0.481 e. The van der Waals surface area contributed by atoms with Crippen LogP contribution < -0.4 is 24.8 Å². The molecule has 3 aliphatic rings. The predicted octanol–water partition coefficient (Wildman–Crippen LogP) is 3.71. The SMILES string of the molecule is C#CCN1C(=O)COc2cc(F)c(N3C(=O)C4=C(CCCC4)C3=O)cc21.CCc1cccc(CC)c1N(COC)C(=O)CCl.O=C(O)CNCP(=O)(O)O. The fourth-order valence-corrected chi connectivity index (χ4v) is 6.49. The molecule has 54 heavy (non-hydrogen) atoms. The van der Waals surface area contributed by atoms with Crippen LogP contribution in [0.15, 0.2) is 41.5 Å². The summed E-state index contributed by atoms with van der Waals surface area (Å²) in [5.41, 5.74) is 4.23. The van der Waals surface area contributed by atoms with Crippen LogP contribution >= 0.6 is 19.2 Å². The van der Waals surface area contributed by atoms with Gasteiger partial charge in [-0.2, -0.15) is 0 Å². The number of benzene rings is 2. The number of amides is 4. The number of nitrogens with one attached hydrogen (secondary N) is 1. The van der Waals surface area contributed by atoms with Crippen LogP contribution in [0.5, 0.6) is 5.75 Å². The number of hydrogen-bond donors (Lipinski definition) is 4. The number of carboxylic acid groups (broad SMARTS) is 1. The second-order valence-corrected chi connectivity index (χ2v) is 13.9. The van der Waals surface area contributed by atoms with E-state index in [1.807, 2.05) is 18.2 Å². The number of aryl methyl sites for hydroxylation is 2. The van der Waals surface area contributed by atoms with E-state index in [-0.39, 0.29) is 54.7 Å². The molecule has 15 nitrogen and oxygen atoms in total. The molecule has 5 rings (SSSR count). The van der Waals surface area contributed by atoms with Crippen molar-refractivity contribution in [3.63, 3.8) is 0 Å². The molecule has 0 saturated carbocycles. The Balaban J connectivity index is 0.000000244. The molecule has 2 aromatic rings. The zero-order chi connectivity index (χ0) is 40.2. The highest BCUT2D eigenvalue weighted by Crippen LogP contribution is 2.42. The lowest BCUT2D eigenvalue weighted by Crippen LogP contribution is -2.39. The topological polar surface area (TPSA) is 203 Å². The number of carbonyl (C=O) groups is 5. The third kappa shape index (κ3) is 11.0.